The van der Waals surface area contributed by atoms with Crippen molar-refractivity contribution in [1.82, 2.24) is 5.32 Å². The van der Waals surface area contributed by atoms with Crippen LogP contribution >= 0.6 is 0 Å². The molecule has 24 heavy (non-hydrogen) atoms. The molecule has 2 rings (SSSR count). The SMILES string of the molecule is Cc1cc(C)cc(C(=O)OCC(=O)NCCOc2ccccc2)c1. The van der Waals surface area contributed by atoms with Gasteiger partial charge in [-0.3, -0.25) is 4.79 Å². The van der Waals surface area contributed by atoms with Gasteiger partial charge >= 0.3 is 5.97 Å². The van der Waals surface area contributed by atoms with Crippen LogP contribution in [0.5, 0.6) is 5.75 Å². The van der Waals surface area contributed by atoms with E-state index in [4.69, 9.17) is 9.47 Å². The largest absolute Gasteiger partial charge is 0.492 e. The average molecular weight is 327 g/mol. The number of hydrogen-bond acceptors (Lipinski definition) is 4. The monoisotopic (exact) mass is 327 g/mol. The number of aryl methyl sites for hydroxylation is 2. The summed E-state index contributed by atoms with van der Waals surface area (Å²) in [4.78, 5) is 23.6. The Morgan fingerprint density at radius 2 is 1.67 bits per heavy atom. The Balaban J connectivity index is 1.68. The second-order valence-corrected chi connectivity index (χ2v) is 5.46. The maximum Gasteiger partial charge on any atom is 0.338 e. The number of carbonyl (C=O) groups excluding carboxylic acids is 2. The zero-order valence-electron chi connectivity index (χ0n) is 13.9. The van der Waals surface area contributed by atoms with Gasteiger partial charge in [-0.05, 0) is 38.1 Å². The van der Waals surface area contributed by atoms with Gasteiger partial charge in [0.1, 0.15) is 12.4 Å². The lowest BCUT2D eigenvalue weighted by Crippen LogP contribution is -2.32. The summed E-state index contributed by atoms with van der Waals surface area (Å²) >= 11 is 0. The van der Waals surface area contributed by atoms with E-state index in [1.165, 1.54) is 0 Å². The Bertz CT molecular complexity index is 678. The van der Waals surface area contributed by atoms with Gasteiger partial charge in [0.05, 0.1) is 12.1 Å². The quantitative estimate of drug-likeness (QED) is 0.627. The summed E-state index contributed by atoms with van der Waals surface area (Å²) < 4.78 is 10.5. The summed E-state index contributed by atoms with van der Waals surface area (Å²) in [5, 5.41) is 2.64. The van der Waals surface area contributed by atoms with Crippen molar-refractivity contribution in [3.63, 3.8) is 0 Å². The lowest BCUT2D eigenvalue weighted by atomic mass is 10.1. The zero-order chi connectivity index (χ0) is 17.4. The Morgan fingerprint density at radius 3 is 2.33 bits per heavy atom. The molecule has 0 bridgehead atoms. The molecule has 126 valence electrons. The van der Waals surface area contributed by atoms with Crippen LogP contribution in [0.1, 0.15) is 21.5 Å². The van der Waals surface area contributed by atoms with Gasteiger partial charge in [-0.25, -0.2) is 4.79 Å². The van der Waals surface area contributed by atoms with Gasteiger partial charge in [0, 0.05) is 0 Å². The molecule has 0 aliphatic rings. The van der Waals surface area contributed by atoms with E-state index >= 15 is 0 Å². The van der Waals surface area contributed by atoms with Crippen molar-refractivity contribution >= 4 is 11.9 Å². The molecule has 0 atom stereocenters. The van der Waals surface area contributed by atoms with Crippen molar-refractivity contribution in [3.05, 3.63) is 65.2 Å². The van der Waals surface area contributed by atoms with E-state index in [1.54, 1.807) is 12.1 Å². The van der Waals surface area contributed by atoms with Crippen LogP contribution in [0.25, 0.3) is 0 Å². The fraction of sp³-hybridized carbons (Fsp3) is 0.263. The van der Waals surface area contributed by atoms with Crippen molar-refractivity contribution in [2.75, 3.05) is 19.8 Å². The predicted molar refractivity (Wildman–Crippen MR) is 91.1 cm³/mol. The lowest BCUT2D eigenvalue weighted by molar-refractivity contribution is -0.124. The van der Waals surface area contributed by atoms with Crippen molar-refractivity contribution in [2.24, 2.45) is 0 Å². The number of ether oxygens (including phenoxy) is 2. The van der Waals surface area contributed by atoms with Crippen LogP contribution in [-0.4, -0.2) is 31.6 Å². The molecule has 2 aromatic carbocycles. The molecular weight excluding hydrogens is 306 g/mol. The van der Waals surface area contributed by atoms with Gasteiger partial charge in [-0.15, -0.1) is 0 Å². The number of amides is 1. The van der Waals surface area contributed by atoms with Crippen molar-refractivity contribution in [1.29, 1.82) is 0 Å². The molecule has 0 aliphatic carbocycles. The molecule has 5 heteroatoms. The predicted octanol–water partition coefficient (Wildman–Crippen LogP) is 2.66. The summed E-state index contributed by atoms with van der Waals surface area (Å²) in [7, 11) is 0. The first-order chi connectivity index (χ1) is 11.5. The fourth-order valence-electron chi connectivity index (χ4n) is 2.23. The Hall–Kier alpha value is -2.82. The summed E-state index contributed by atoms with van der Waals surface area (Å²) in [6.45, 7) is 4.19. The minimum absolute atomic E-state index is 0.308. The standard InChI is InChI=1S/C19H21NO4/c1-14-10-15(2)12-16(11-14)19(22)24-13-18(21)20-8-9-23-17-6-4-3-5-7-17/h3-7,10-12H,8-9,13H2,1-2H3,(H,20,21). The van der Waals surface area contributed by atoms with E-state index in [0.29, 0.717) is 18.7 Å². The third-order valence-electron chi connectivity index (χ3n) is 3.23. The summed E-state index contributed by atoms with van der Waals surface area (Å²) in [6.07, 6.45) is 0. The van der Waals surface area contributed by atoms with Gasteiger partial charge in [0.15, 0.2) is 6.61 Å². The summed E-state index contributed by atoms with van der Waals surface area (Å²) in [5.74, 6) is -0.116. The third-order valence-corrected chi connectivity index (χ3v) is 3.23. The topological polar surface area (TPSA) is 64.6 Å². The molecule has 0 spiro atoms. The van der Waals surface area contributed by atoms with Gasteiger partial charge in [0.2, 0.25) is 0 Å². The summed E-state index contributed by atoms with van der Waals surface area (Å²) in [5.41, 5.74) is 2.40. The van der Waals surface area contributed by atoms with Gasteiger partial charge in [-0.2, -0.15) is 0 Å². The maximum absolute atomic E-state index is 11.9. The highest BCUT2D eigenvalue weighted by molar-refractivity contribution is 5.91. The molecule has 5 nitrogen and oxygen atoms in total. The molecule has 0 aromatic heterocycles. The second kappa shape index (κ2) is 8.72. The Labute approximate surface area is 141 Å². The van der Waals surface area contributed by atoms with Crippen LogP contribution in [0.3, 0.4) is 0 Å². The van der Waals surface area contributed by atoms with Crippen LogP contribution in [0.2, 0.25) is 0 Å². The van der Waals surface area contributed by atoms with Gasteiger partial charge < -0.3 is 14.8 Å². The molecule has 1 amide bonds. The number of benzene rings is 2. The molecule has 0 fully saturated rings. The molecule has 0 radical (unpaired) electrons. The summed E-state index contributed by atoms with van der Waals surface area (Å²) in [6, 6.07) is 14.8. The molecule has 1 N–H and O–H groups in total. The number of esters is 1. The highest BCUT2D eigenvalue weighted by atomic mass is 16.5. The Kier molecular flexibility index (Phi) is 6.37. The van der Waals surface area contributed by atoms with Gasteiger partial charge in [-0.1, -0.05) is 35.4 Å². The van der Waals surface area contributed by atoms with E-state index in [-0.39, 0.29) is 12.5 Å². The molecule has 0 heterocycles. The number of hydrogen-bond donors (Lipinski definition) is 1. The van der Waals surface area contributed by atoms with Crippen LogP contribution in [-0.2, 0) is 9.53 Å². The van der Waals surface area contributed by atoms with Gasteiger partial charge in [0.25, 0.3) is 5.91 Å². The number of para-hydroxylation sites is 1. The zero-order valence-corrected chi connectivity index (χ0v) is 13.9. The normalized spacial score (nSPS) is 10.1. The minimum Gasteiger partial charge on any atom is -0.492 e. The first-order valence-corrected chi connectivity index (χ1v) is 7.74. The number of carbonyl (C=O) groups is 2. The second-order valence-electron chi connectivity index (χ2n) is 5.46. The van der Waals surface area contributed by atoms with E-state index in [0.717, 1.165) is 16.9 Å². The first-order valence-electron chi connectivity index (χ1n) is 7.74. The van der Waals surface area contributed by atoms with E-state index in [9.17, 15) is 9.59 Å². The fourth-order valence-corrected chi connectivity index (χ4v) is 2.23. The maximum atomic E-state index is 11.9. The molecule has 0 saturated carbocycles. The third kappa shape index (κ3) is 5.76. The van der Waals surface area contributed by atoms with Crippen LogP contribution in [0.15, 0.2) is 48.5 Å². The minimum atomic E-state index is -0.502. The van der Waals surface area contributed by atoms with E-state index < -0.39 is 5.97 Å². The van der Waals surface area contributed by atoms with Crippen molar-refractivity contribution in [2.45, 2.75) is 13.8 Å². The molecule has 0 unspecified atom stereocenters. The first kappa shape index (κ1) is 17.5. The number of nitrogens with one attached hydrogen (secondary N) is 1. The smallest absolute Gasteiger partial charge is 0.338 e. The van der Waals surface area contributed by atoms with E-state index in [2.05, 4.69) is 5.32 Å². The average Bonchev–Trinajstić information content (AvgIpc) is 2.56. The van der Waals surface area contributed by atoms with Crippen molar-refractivity contribution < 1.29 is 19.1 Å². The molecule has 0 aliphatic heterocycles. The van der Waals surface area contributed by atoms with Crippen molar-refractivity contribution in [3.8, 4) is 5.75 Å². The Morgan fingerprint density at radius 1 is 1.00 bits per heavy atom. The van der Waals surface area contributed by atoms with Crippen LogP contribution in [0, 0.1) is 13.8 Å². The molecule has 0 saturated heterocycles. The highest BCUT2D eigenvalue weighted by Gasteiger charge is 2.10. The molecular formula is C19H21NO4. The van der Waals surface area contributed by atoms with E-state index in [1.807, 2.05) is 50.2 Å². The number of rotatable bonds is 7. The lowest BCUT2D eigenvalue weighted by Gasteiger charge is -2.09. The van der Waals surface area contributed by atoms with Crippen LogP contribution < -0.4 is 10.1 Å². The molecule has 2 aromatic rings. The van der Waals surface area contributed by atoms with Crippen LogP contribution in [0.4, 0.5) is 0 Å². The highest BCUT2D eigenvalue weighted by Crippen LogP contribution is 2.10.